The van der Waals surface area contributed by atoms with E-state index in [0.717, 1.165) is 44.3 Å². The molecule has 3 atom stereocenters. The number of hydrogen-bond donors (Lipinski definition) is 2. The van der Waals surface area contributed by atoms with Crippen molar-refractivity contribution in [3.05, 3.63) is 71.8 Å². The Hall–Kier alpha value is -2.66. The van der Waals surface area contributed by atoms with Gasteiger partial charge in [-0.3, -0.25) is 14.5 Å². The lowest BCUT2D eigenvalue weighted by atomic mass is 9.42. The molecule has 1 heterocycles. The monoisotopic (exact) mass is 485 g/mol. The Morgan fingerprint density at radius 2 is 1.58 bits per heavy atom. The van der Waals surface area contributed by atoms with Crippen LogP contribution in [0.15, 0.2) is 60.7 Å². The first kappa shape index (κ1) is 23.7. The zero-order valence-corrected chi connectivity index (χ0v) is 21.3. The highest BCUT2D eigenvalue weighted by molar-refractivity contribution is 5.85. The summed E-state index contributed by atoms with van der Waals surface area (Å²) in [5.74, 6) is 1.46. The van der Waals surface area contributed by atoms with Gasteiger partial charge in [-0.1, -0.05) is 60.7 Å². The van der Waals surface area contributed by atoms with E-state index in [-0.39, 0.29) is 35.2 Å². The van der Waals surface area contributed by atoms with Crippen molar-refractivity contribution in [2.75, 3.05) is 19.6 Å². The number of carbonyl (C=O) groups excluding carboxylic acids is 2. The fourth-order valence-electron chi connectivity index (χ4n) is 8.58. The molecule has 5 fully saturated rings. The summed E-state index contributed by atoms with van der Waals surface area (Å²) >= 11 is 0. The first-order valence-electron chi connectivity index (χ1n) is 13.9. The molecular weight excluding hydrogens is 446 g/mol. The molecule has 4 saturated carbocycles. The molecule has 36 heavy (non-hydrogen) atoms. The summed E-state index contributed by atoms with van der Waals surface area (Å²) in [7, 11) is 0. The predicted octanol–water partition coefficient (Wildman–Crippen LogP) is 4.42. The highest BCUT2D eigenvalue weighted by atomic mass is 16.2. The number of hydrogen-bond acceptors (Lipinski definition) is 3. The van der Waals surface area contributed by atoms with E-state index >= 15 is 0 Å². The standard InChI is InChI=1S/C31H39N3O2/c35-28(32-19-29(36)33-27-11-12-34(21-27)20-23-7-3-1-4-8-23)18-30-14-24-13-25(15-30)17-31(16-24,22-30)26-9-5-2-6-10-26/h1-10,24-25,27H,11-22H2,(H,32,35)(H,33,36). The van der Waals surface area contributed by atoms with Gasteiger partial charge in [0.15, 0.2) is 0 Å². The maximum atomic E-state index is 13.1. The minimum Gasteiger partial charge on any atom is -0.350 e. The van der Waals surface area contributed by atoms with Crippen molar-refractivity contribution >= 4 is 11.8 Å². The number of carbonyl (C=O) groups is 2. The van der Waals surface area contributed by atoms with Crippen molar-refractivity contribution in [1.29, 1.82) is 0 Å². The molecule has 5 heteroatoms. The molecule has 190 valence electrons. The topological polar surface area (TPSA) is 61.4 Å². The van der Waals surface area contributed by atoms with Crippen LogP contribution in [0.4, 0.5) is 0 Å². The number of nitrogens with one attached hydrogen (secondary N) is 2. The number of likely N-dealkylation sites (tertiary alicyclic amines) is 1. The second kappa shape index (κ2) is 9.66. The predicted molar refractivity (Wildman–Crippen MR) is 141 cm³/mol. The Labute approximate surface area is 215 Å². The lowest BCUT2D eigenvalue weighted by Gasteiger charge is -2.62. The lowest BCUT2D eigenvalue weighted by Crippen LogP contribution is -2.55. The molecule has 7 rings (SSSR count). The second-order valence-electron chi connectivity index (χ2n) is 12.3. The average molecular weight is 486 g/mol. The zero-order valence-electron chi connectivity index (χ0n) is 21.3. The molecule has 2 aromatic carbocycles. The third kappa shape index (κ3) is 4.95. The van der Waals surface area contributed by atoms with Gasteiger partial charge < -0.3 is 10.6 Å². The Bertz CT molecular complexity index is 1070. The Kier molecular flexibility index (Phi) is 6.37. The summed E-state index contributed by atoms with van der Waals surface area (Å²) in [6.45, 7) is 2.85. The molecule has 2 N–H and O–H groups in total. The highest BCUT2D eigenvalue weighted by Gasteiger charge is 2.58. The molecule has 3 unspecified atom stereocenters. The molecule has 2 aromatic rings. The molecule has 5 aliphatic rings. The number of rotatable bonds is 8. The Morgan fingerprint density at radius 3 is 2.31 bits per heavy atom. The summed E-state index contributed by atoms with van der Waals surface area (Å²) in [5, 5.41) is 6.11. The van der Waals surface area contributed by atoms with Gasteiger partial charge in [-0.2, -0.15) is 0 Å². The first-order chi connectivity index (χ1) is 17.5. The van der Waals surface area contributed by atoms with Crippen molar-refractivity contribution in [2.45, 2.75) is 69.4 Å². The lowest BCUT2D eigenvalue weighted by molar-refractivity contribution is -0.133. The van der Waals surface area contributed by atoms with E-state index in [1.807, 2.05) is 6.07 Å². The van der Waals surface area contributed by atoms with E-state index < -0.39 is 0 Å². The zero-order chi connectivity index (χ0) is 24.6. The maximum absolute atomic E-state index is 13.1. The van der Waals surface area contributed by atoms with Gasteiger partial charge in [0.05, 0.1) is 6.54 Å². The molecule has 2 amide bonds. The largest absolute Gasteiger partial charge is 0.350 e. The number of nitrogens with zero attached hydrogens (tertiary/aromatic N) is 1. The quantitative estimate of drug-likeness (QED) is 0.582. The van der Waals surface area contributed by atoms with Crippen molar-refractivity contribution in [2.24, 2.45) is 17.3 Å². The summed E-state index contributed by atoms with van der Waals surface area (Å²) in [6, 6.07) is 21.7. The minimum absolute atomic E-state index is 0.0486. The van der Waals surface area contributed by atoms with Gasteiger partial charge in [-0.25, -0.2) is 0 Å². The number of benzene rings is 2. The van der Waals surface area contributed by atoms with Crippen LogP contribution >= 0.6 is 0 Å². The van der Waals surface area contributed by atoms with Crippen LogP contribution in [-0.2, 0) is 21.5 Å². The van der Waals surface area contributed by atoms with Crippen LogP contribution in [-0.4, -0.2) is 42.4 Å². The Morgan fingerprint density at radius 1 is 0.889 bits per heavy atom. The van der Waals surface area contributed by atoms with E-state index in [1.54, 1.807) is 0 Å². The molecule has 4 aliphatic carbocycles. The molecule has 5 nitrogen and oxygen atoms in total. The van der Waals surface area contributed by atoms with E-state index in [0.29, 0.717) is 6.42 Å². The fraction of sp³-hybridized carbons (Fsp3) is 0.548. The van der Waals surface area contributed by atoms with Crippen LogP contribution < -0.4 is 10.6 Å². The van der Waals surface area contributed by atoms with Gasteiger partial charge in [0.2, 0.25) is 11.8 Å². The fourth-order valence-corrected chi connectivity index (χ4v) is 8.58. The van der Waals surface area contributed by atoms with Crippen LogP contribution in [0.3, 0.4) is 0 Å². The number of amides is 2. The molecule has 0 aromatic heterocycles. The van der Waals surface area contributed by atoms with Gasteiger partial charge in [0, 0.05) is 32.1 Å². The van der Waals surface area contributed by atoms with Crippen molar-refractivity contribution < 1.29 is 9.59 Å². The van der Waals surface area contributed by atoms with E-state index in [4.69, 9.17) is 0 Å². The van der Waals surface area contributed by atoms with Gasteiger partial charge in [-0.05, 0) is 78.7 Å². The third-order valence-electron chi connectivity index (χ3n) is 9.44. The molecule has 0 radical (unpaired) electrons. The molecule has 1 aliphatic heterocycles. The van der Waals surface area contributed by atoms with Crippen molar-refractivity contribution in [1.82, 2.24) is 15.5 Å². The Balaban J connectivity index is 0.997. The van der Waals surface area contributed by atoms with Crippen LogP contribution in [0.2, 0.25) is 0 Å². The van der Waals surface area contributed by atoms with Gasteiger partial charge >= 0.3 is 0 Å². The van der Waals surface area contributed by atoms with Gasteiger partial charge in [0.25, 0.3) is 0 Å². The van der Waals surface area contributed by atoms with E-state index in [2.05, 4.69) is 70.1 Å². The smallest absolute Gasteiger partial charge is 0.239 e. The van der Waals surface area contributed by atoms with Crippen molar-refractivity contribution in [3.8, 4) is 0 Å². The summed E-state index contributed by atoms with van der Waals surface area (Å²) in [5.41, 5.74) is 3.12. The minimum atomic E-state index is -0.0684. The molecule has 1 saturated heterocycles. The molecular formula is C31H39N3O2. The van der Waals surface area contributed by atoms with Crippen LogP contribution in [0, 0.1) is 17.3 Å². The summed E-state index contributed by atoms with van der Waals surface area (Å²) in [4.78, 5) is 28.1. The molecule has 4 bridgehead atoms. The van der Waals surface area contributed by atoms with E-state index in [9.17, 15) is 9.59 Å². The highest BCUT2D eigenvalue weighted by Crippen LogP contribution is 2.66. The van der Waals surface area contributed by atoms with Gasteiger partial charge in [-0.15, -0.1) is 0 Å². The van der Waals surface area contributed by atoms with Crippen LogP contribution in [0.25, 0.3) is 0 Å². The van der Waals surface area contributed by atoms with Crippen LogP contribution in [0.1, 0.15) is 62.5 Å². The van der Waals surface area contributed by atoms with Gasteiger partial charge in [0.1, 0.15) is 0 Å². The SMILES string of the molecule is O=C(CC12CC3CC(C1)CC(c1ccccc1)(C3)C2)NCC(=O)NC1CCN(Cc2ccccc2)C1. The van der Waals surface area contributed by atoms with Crippen LogP contribution in [0.5, 0.6) is 0 Å². The second-order valence-corrected chi connectivity index (χ2v) is 12.3. The van der Waals surface area contributed by atoms with E-state index in [1.165, 1.54) is 43.2 Å². The molecule has 0 spiro atoms. The summed E-state index contributed by atoms with van der Waals surface area (Å²) in [6.07, 6.45) is 8.90. The first-order valence-corrected chi connectivity index (χ1v) is 13.9. The average Bonchev–Trinajstić information content (AvgIpc) is 3.29. The maximum Gasteiger partial charge on any atom is 0.239 e. The van der Waals surface area contributed by atoms with Crippen molar-refractivity contribution in [3.63, 3.8) is 0 Å². The normalized spacial score (nSPS) is 32.9. The third-order valence-corrected chi connectivity index (χ3v) is 9.44. The summed E-state index contributed by atoms with van der Waals surface area (Å²) < 4.78 is 0.